The van der Waals surface area contributed by atoms with Crippen molar-refractivity contribution in [2.75, 3.05) is 0 Å². The lowest BCUT2D eigenvalue weighted by molar-refractivity contribution is 0.669. The molecule has 9 rings (SSSR count). The summed E-state index contributed by atoms with van der Waals surface area (Å²) in [5, 5.41) is 4.77. The first-order valence-electron chi connectivity index (χ1n) is 14.5. The molecule has 0 aliphatic heterocycles. The van der Waals surface area contributed by atoms with Crippen molar-refractivity contribution in [1.82, 2.24) is 15.0 Å². The maximum Gasteiger partial charge on any atom is 0.164 e. The van der Waals surface area contributed by atoms with Crippen LogP contribution < -0.4 is 0 Å². The highest BCUT2D eigenvalue weighted by molar-refractivity contribution is 7.25. The molecule has 0 atom stereocenters. The highest BCUT2D eigenvalue weighted by Crippen LogP contribution is 2.38. The van der Waals surface area contributed by atoms with Crippen molar-refractivity contribution >= 4 is 53.4 Å². The van der Waals surface area contributed by atoms with Crippen molar-refractivity contribution < 1.29 is 4.42 Å². The van der Waals surface area contributed by atoms with E-state index in [-0.39, 0.29) is 0 Å². The molecule has 0 radical (unpaired) electrons. The Hall–Kier alpha value is -5.65. The first-order chi connectivity index (χ1) is 21.8. The van der Waals surface area contributed by atoms with E-state index in [2.05, 4.69) is 84.9 Å². The monoisotopic (exact) mass is 581 g/mol. The highest BCUT2D eigenvalue weighted by Gasteiger charge is 2.16. The Morgan fingerprint density at radius 1 is 0.409 bits per heavy atom. The van der Waals surface area contributed by atoms with Gasteiger partial charge in [0, 0.05) is 47.6 Å². The van der Waals surface area contributed by atoms with Crippen molar-refractivity contribution in [3.63, 3.8) is 0 Å². The number of rotatable bonds is 4. The van der Waals surface area contributed by atoms with Crippen molar-refractivity contribution in [3.05, 3.63) is 140 Å². The number of furan rings is 1. The summed E-state index contributed by atoms with van der Waals surface area (Å²) < 4.78 is 8.63. The molecule has 6 aromatic carbocycles. The van der Waals surface area contributed by atoms with E-state index in [1.54, 1.807) is 11.3 Å². The molecule has 3 heterocycles. The number of fused-ring (bicyclic) bond motifs is 6. The zero-order valence-electron chi connectivity index (χ0n) is 23.4. The SMILES string of the molecule is c1ccc(-c2nc(-c3ccc(-c4cccc5oc6ccccc6c45)cc3)nc(-c3ccc4c(c3)sc3ccccc34)n2)cc1. The number of para-hydroxylation sites is 1. The van der Waals surface area contributed by atoms with Crippen LogP contribution in [0.3, 0.4) is 0 Å². The van der Waals surface area contributed by atoms with Crippen LogP contribution in [0.1, 0.15) is 0 Å². The van der Waals surface area contributed by atoms with Gasteiger partial charge in [-0.1, -0.05) is 115 Å². The molecule has 0 fully saturated rings. The standard InChI is InChI=1S/C39H23N3OS/c1-2-9-25(10-3-1)37-40-38(42-39(41-37)27-21-22-30-29-11-5-7-16-34(29)44-35(30)23-27)26-19-17-24(18-20-26)28-13-8-15-33-36(28)31-12-4-6-14-32(31)43-33/h1-23H. The van der Waals surface area contributed by atoms with Gasteiger partial charge in [-0.15, -0.1) is 11.3 Å². The zero-order chi connectivity index (χ0) is 29.0. The van der Waals surface area contributed by atoms with E-state index in [9.17, 15) is 0 Å². The molecular formula is C39H23N3OS. The molecule has 0 bridgehead atoms. The fourth-order valence-electron chi connectivity index (χ4n) is 6.03. The minimum absolute atomic E-state index is 0.642. The van der Waals surface area contributed by atoms with Crippen LogP contribution in [0.15, 0.2) is 144 Å². The second-order valence-electron chi connectivity index (χ2n) is 10.8. The average molecular weight is 582 g/mol. The maximum atomic E-state index is 6.14. The van der Waals surface area contributed by atoms with Crippen LogP contribution >= 0.6 is 11.3 Å². The van der Waals surface area contributed by atoms with Gasteiger partial charge >= 0.3 is 0 Å². The molecule has 0 N–H and O–H groups in total. The van der Waals surface area contributed by atoms with Crippen LogP contribution in [0, 0.1) is 0 Å². The predicted molar refractivity (Wildman–Crippen MR) is 182 cm³/mol. The summed E-state index contributed by atoms with van der Waals surface area (Å²) in [6.07, 6.45) is 0. The predicted octanol–water partition coefficient (Wildman–Crippen LogP) is 10.8. The van der Waals surface area contributed by atoms with Crippen LogP contribution in [0.4, 0.5) is 0 Å². The Labute approximate surface area is 256 Å². The number of aromatic nitrogens is 3. The molecule has 0 aliphatic rings. The van der Waals surface area contributed by atoms with Crippen LogP contribution in [0.25, 0.3) is 87.4 Å². The third-order valence-corrected chi connectivity index (χ3v) is 9.29. The Balaban J connectivity index is 1.17. The quantitative estimate of drug-likeness (QED) is 0.207. The van der Waals surface area contributed by atoms with Gasteiger partial charge in [-0.25, -0.2) is 15.0 Å². The van der Waals surface area contributed by atoms with Gasteiger partial charge in [-0.3, -0.25) is 0 Å². The molecule has 0 spiro atoms. The molecule has 4 nitrogen and oxygen atoms in total. The first kappa shape index (κ1) is 24.9. The van der Waals surface area contributed by atoms with E-state index < -0.39 is 0 Å². The van der Waals surface area contributed by atoms with E-state index in [0.29, 0.717) is 17.5 Å². The van der Waals surface area contributed by atoms with E-state index in [0.717, 1.165) is 49.8 Å². The maximum absolute atomic E-state index is 6.14. The summed E-state index contributed by atoms with van der Waals surface area (Å²) in [5.41, 5.74) is 6.89. The molecule has 0 amide bonds. The second-order valence-corrected chi connectivity index (χ2v) is 11.9. The Morgan fingerprint density at radius 2 is 1.00 bits per heavy atom. The van der Waals surface area contributed by atoms with Crippen molar-refractivity contribution in [2.24, 2.45) is 0 Å². The van der Waals surface area contributed by atoms with Crippen molar-refractivity contribution in [2.45, 2.75) is 0 Å². The molecule has 44 heavy (non-hydrogen) atoms. The van der Waals surface area contributed by atoms with Crippen LogP contribution in [0.2, 0.25) is 0 Å². The minimum Gasteiger partial charge on any atom is -0.456 e. The first-order valence-corrected chi connectivity index (χ1v) is 15.3. The molecular weight excluding hydrogens is 559 g/mol. The van der Waals surface area contributed by atoms with E-state index >= 15 is 0 Å². The van der Waals surface area contributed by atoms with E-state index in [1.165, 1.54) is 20.2 Å². The van der Waals surface area contributed by atoms with Crippen LogP contribution in [0.5, 0.6) is 0 Å². The van der Waals surface area contributed by atoms with E-state index in [1.807, 2.05) is 54.6 Å². The third kappa shape index (κ3) is 4.09. The van der Waals surface area contributed by atoms with Gasteiger partial charge in [0.2, 0.25) is 0 Å². The zero-order valence-corrected chi connectivity index (χ0v) is 24.3. The number of hydrogen-bond donors (Lipinski definition) is 0. The lowest BCUT2D eigenvalue weighted by Gasteiger charge is -2.10. The summed E-state index contributed by atoms with van der Waals surface area (Å²) in [6.45, 7) is 0. The lowest BCUT2D eigenvalue weighted by Crippen LogP contribution is -2.00. The summed E-state index contributed by atoms with van der Waals surface area (Å²) in [4.78, 5) is 14.9. The fourth-order valence-corrected chi connectivity index (χ4v) is 7.17. The molecule has 9 aromatic rings. The second kappa shape index (κ2) is 9.97. The molecule has 5 heteroatoms. The Morgan fingerprint density at radius 3 is 1.82 bits per heavy atom. The number of nitrogens with zero attached hydrogens (tertiary/aromatic N) is 3. The summed E-state index contributed by atoms with van der Waals surface area (Å²) in [5.74, 6) is 1.96. The van der Waals surface area contributed by atoms with Gasteiger partial charge < -0.3 is 4.42 Å². The molecule has 0 unspecified atom stereocenters. The topological polar surface area (TPSA) is 51.8 Å². The summed E-state index contributed by atoms with van der Waals surface area (Å²) >= 11 is 1.80. The smallest absolute Gasteiger partial charge is 0.164 e. The Kier molecular flexibility index (Phi) is 5.64. The molecule has 0 aliphatic carbocycles. The lowest BCUT2D eigenvalue weighted by atomic mass is 9.98. The average Bonchev–Trinajstić information content (AvgIpc) is 3.66. The largest absolute Gasteiger partial charge is 0.456 e. The van der Waals surface area contributed by atoms with Crippen LogP contribution in [-0.4, -0.2) is 15.0 Å². The van der Waals surface area contributed by atoms with Gasteiger partial charge in [-0.05, 0) is 35.4 Å². The van der Waals surface area contributed by atoms with Gasteiger partial charge in [0.05, 0.1) is 0 Å². The van der Waals surface area contributed by atoms with Gasteiger partial charge in [0.15, 0.2) is 17.5 Å². The summed E-state index contributed by atoms with van der Waals surface area (Å²) in [6, 6.07) is 48.0. The van der Waals surface area contributed by atoms with Crippen molar-refractivity contribution in [1.29, 1.82) is 0 Å². The normalized spacial score (nSPS) is 11.6. The fraction of sp³-hybridized carbons (Fsp3) is 0. The van der Waals surface area contributed by atoms with Gasteiger partial charge in [-0.2, -0.15) is 0 Å². The van der Waals surface area contributed by atoms with Crippen LogP contribution in [-0.2, 0) is 0 Å². The molecule has 0 saturated heterocycles. The number of thiophene rings is 1. The molecule has 206 valence electrons. The number of benzene rings is 6. The Bertz CT molecular complexity index is 2490. The highest BCUT2D eigenvalue weighted by atomic mass is 32.1. The molecule has 0 saturated carbocycles. The third-order valence-electron chi connectivity index (χ3n) is 8.16. The summed E-state index contributed by atoms with van der Waals surface area (Å²) in [7, 11) is 0. The van der Waals surface area contributed by atoms with Crippen molar-refractivity contribution in [3.8, 4) is 45.3 Å². The number of hydrogen-bond acceptors (Lipinski definition) is 5. The van der Waals surface area contributed by atoms with E-state index in [4.69, 9.17) is 19.4 Å². The van der Waals surface area contributed by atoms with Gasteiger partial charge in [0.1, 0.15) is 11.2 Å². The van der Waals surface area contributed by atoms with Gasteiger partial charge in [0.25, 0.3) is 0 Å². The minimum atomic E-state index is 0.642. The molecule has 3 aromatic heterocycles.